The first kappa shape index (κ1) is 35.9. The lowest BCUT2D eigenvalue weighted by molar-refractivity contribution is 0.813. The molecule has 1 heterocycles. The smallest absolute Gasteiger partial charge is 0.0637 e. The largest absolute Gasteiger partial charge is 0.334 e. The quantitative estimate of drug-likeness (QED) is 0.148. The fourth-order valence-corrected chi connectivity index (χ4v) is 10.1. The maximum absolute atomic E-state index is 2.56. The number of thiophene rings is 1. The van der Waals surface area contributed by atoms with Crippen LogP contribution in [-0.4, -0.2) is 6.04 Å². The Morgan fingerprint density at radius 3 is 1.53 bits per heavy atom. The molecule has 0 amide bonds. The van der Waals surface area contributed by atoms with Gasteiger partial charge in [-0.25, -0.2) is 0 Å². The lowest BCUT2D eigenvalue weighted by Crippen LogP contribution is -2.33. The van der Waals surface area contributed by atoms with Gasteiger partial charge in [-0.15, -0.1) is 11.3 Å². The van der Waals surface area contributed by atoms with Gasteiger partial charge in [-0.3, -0.25) is 0 Å². The van der Waals surface area contributed by atoms with Crippen LogP contribution < -0.4 is 4.90 Å². The van der Waals surface area contributed by atoms with Crippen molar-refractivity contribution < 1.29 is 0 Å². The first-order chi connectivity index (χ1) is 29.7. The summed E-state index contributed by atoms with van der Waals surface area (Å²) in [5.41, 5.74) is 14.8. The third kappa shape index (κ3) is 6.81. The van der Waals surface area contributed by atoms with Crippen LogP contribution in [0.5, 0.6) is 0 Å². The highest BCUT2D eigenvalue weighted by atomic mass is 32.1. The van der Waals surface area contributed by atoms with Gasteiger partial charge in [-0.05, 0) is 121 Å². The minimum absolute atomic E-state index is 0.0363. The van der Waals surface area contributed by atoms with Crippen molar-refractivity contribution in [1.29, 1.82) is 0 Å². The molecule has 9 aromatic carbocycles. The molecule has 0 aliphatic heterocycles. The number of allylic oxidation sites excluding steroid dienone is 2. The second-order valence-electron chi connectivity index (χ2n) is 15.7. The Kier molecular flexibility index (Phi) is 9.26. The second-order valence-corrected chi connectivity index (χ2v) is 16.8. The average Bonchev–Trinajstić information content (AvgIpc) is 3.71. The summed E-state index contributed by atoms with van der Waals surface area (Å²) >= 11 is 1.87. The molecular formula is C58H41NS. The van der Waals surface area contributed by atoms with Crippen molar-refractivity contribution >= 4 is 64.8 Å². The Labute approximate surface area is 355 Å². The summed E-state index contributed by atoms with van der Waals surface area (Å²) < 4.78 is 2.66. The van der Waals surface area contributed by atoms with Gasteiger partial charge in [0.2, 0.25) is 0 Å². The molecule has 284 valence electrons. The predicted octanol–water partition coefficient (Wildman–Crippen LogP) is 16.3. The summed E-state index contributed by atoms with van der Waals surface area (Å²) in [7, 11) is 0. The Morgan fingerprint density at radius 2 is 0.850 bits per heavy atom. The zero-order chi connectivity index (χ0) is 39.8. The van der Waals surface area contributed by atoms with Gasteiger partial charge in [0.1, 0.15) is 0 Å². The summed E-state index contributed by atoms with van der Waals surface area (Å²) in [6, 6.07) is 80.1. The Bertz CT molecular complexity index is 3190. The van der Waals surface area contributed by atoms with E-state index in [0.29, 0.717) is 0 Å². The van der Waals surface area contributed by atoms with Crippen molar-refractivity contribution in [3.05, 3.63) is 242 Å². The Morgan fingerprint density at radius 1 is 0.350 bits per heavy atom. The van der Waals surface area contributed by atoms with Crippen LogP contribution in [0.1, 0.15) is 17.5 Å². The molecule has 60 heavy (non-hydrogen) atoms. The van der Waals surface area contributed by atoms with Gasteiger partial charge in [0.25, 0.3) is 0 Å². The molecule has 0 spiro atoms. The summed E-state index contributed by atoms with van der Waals surface area (Å²) in [4.78, 5) is 2.56. The molecule has 1 aromatic heterocycles. The average molecular weight is 784 g/mol. The van der Waals surface area contributed by atoms with E-state index in [4.69, 9.17) is 0 Å². The summed E-state index contributed by atoms with van der Waals surface area (Å²) in [5, 5.41) is 5.17. The first-order valence-corrected chi connectivity index (χ1v) is 21.6. The van der Waals surface area contributed by atoms with Crippen LogP contribution in [-0.2, 0) is 0 Å². The maximum atomic E-state index is 2.56. The summed E-state index contributed by atoms with van der Waals surface area (Å²) in [6.45, 7) is 0. The SMILES string of the molecule is C1=C(c2ccc3ccccc3c2)CC(N(c2ccc(-c3ccc(-c4ccccc4)cc3)cc2)c2ccc(-c3ccc4sc5ccccc5c4c3)cc2)C(c2ccccc2)=C1. The van der Waals surface area contributed by atoms with Crippen molar-refractivity contribution in [2.75, 3.05) is 4.90 Å². The van der Waals surface area contributed by atoms with Gasteiger partial charge in [0.05, 0.1) is 6.04 Å². The second kappa shape index (κ2) is 15.5. The number of benzene rings is 9. The van der Waals surface area contributed by atoms with Crippen molar-refractivity contribution in [1.82, 2.24) is 0 Å². The number of fused-ring (bicyclic) bond motifs is 4. The molecule has 0 fully saturated rings. The highest BCUT2D eigenvalue weighted by Gasteiger charge is 2.29. The molecule has 0 saturated carbocycles. The molecule has 0 saturated heterocycles. The predicted molar refractivity (Wildman–Crippen MR) is 259 cm³/mol. The number of hydrogen-bond donors (Lipinski definition) is 0. The molecule has 10 aromatic rings. The highest BCUT2D eigenvalue weighted by molar-refractivity contribution is 7.25. The van der Waals surface area contributed by atoms with Gasteiger partial charge in [0, 0.05) is 31.5 Å². The summed E-state index contributed by atoms with van der Waals surface area (Å²) in [5.74, 6) is 0. The fraction of sp³-hybridized carbons (Fsp3) is 0.0345. The standard InChI is InChI=1S/C58H41NS/c1-3-11-40(12-4-1)42-19-21-43(22-20-42)44-25-31-51(32-26-44)59(52-33-27-45(28-34-52)49-30-36-58-55(38-49)54-17-9-10-18-57(54)60-58)56-39-50(29-35-53(56)46-14-5-2-6-15-46)48-24-23-41-13-7-8-16-47(41)37-48/h1-38,56H,39H2. The molecule has 1 aliphatic rings. The summed E-state index contributed by atoms with van der Waals surface area (Å²) in [6.07, 6.45) is 5.56. The van der Waals surface area contributed by atoms with Crippen molar-refractivity contribution in [2.24, 2.45) is 0 Å². The van der Waals surface area contributed by atoms with E-state index in [1.54, 1.807) is 0 Å². The van der Waals surface area contributed by atoms with E-state index in [1.807, 2.05) is 11.3 Å². The van der Waals surface area contributed by atoms with E-state index < -0.39 is 0 Å². The van der Waals surface area contributed by atoms with Gasteiger partial charge in [0.15, 0.2) is 0 Å². The molecular weight excluding hydrogens is 743 g/mol. The zero-order valence-corrected chi connectivity index (χ0v) is 33.9. The lowest BCUT2D eigenvalue weighted by Gasteiger charge is -2.38. The van der Waals surface area contributed by atoms with Crippen LogP contribution in [0.3, 0.4) is 0 Å². The number of hydrogen-bond acceptors (Lipinski definition) is 2. The molecule has 1 unspecified atom stereocenters. The van der Waals surface area contributed by atoms with E-state index in [2.05, 4.69) is 235 Å². The van der Waals surface area contributed by atoms with E-state index in [1.165, 1.54) is 86.6 Å². The van der Waals surface area contributed by atoms with Crippen LogP contribution in [0.15, 0.2) is 231 Å². The number of nitrogens with zero attached hydrogens (tertiary/aromatic N) is 1. The molecule has 1 atom stereocenters. The normalized spacial score (nSPS) is 14.0. The fourth-order valence-electron chi connectivity index (χ4n) is 8.97. The van der Waals surface area contributed by atoms with E-state index in [-0.39, 0.29) is 6.04 Å². The third-order valence-corrected chi connectivity index (χ3v) is 13.3. The van der Waals surface area contributed by atoms with Crippen LogP contribution in [0.4, 0.5) is 11.4 Å². The molecule has 2 heteroatoms. The number of rotatable bonds is 8. The first-order valence-electron chi connectivity index (χ1n) is 20.7. The van der Waals surface area contributed by atoms with Gasteiger partial charge in [-0.1, -0.05) is 182 Å². The van der Waals surface area contributed by atoms with Crippen LogP contribution in [0.25, 0.3) is 75.5 Å². The number of anilines is 2. The zero-order valence-electron chi connectivity index (χ0n) is 33.1. The minimum Gasteiger partial charge on any atom is -0.334 e. The van der Waals surface area contributed by atoms with Crippen LogP contribution in [0.2, 0.25) is 0 Å². The Balaban J connectivity index is 1.00. The maximum Gasteiger partial charge on any atom is 0.0637 e. The lowest BCUT2D eigenvalue weighted by atomic mass is 9.84. The third-order valence-electron chi connectivity index (χ3n) is 12.1. The van der Waals surface area contributed by atoms with E-state index in [0.717, 1.165) is 17.8 Å². The van der Waals surface area contributed by atoms with Crippen LogP contribution in [0, 0.1) is 0 Å². The van der Waals surface area contributed by atoms with Crippen molar-refractivity contribution in [2.45, 2.75) is 12.5 Å². The molecule has 0 N–H and O–H groups in total. The van der Waals surface area contributed by atoms with Gasteiger partial charge in [-0.2, -0.15) is 0 Å². The minimum atomic E-state index is 0.0363. The van der Waals surface area contributed by atoms with E-state index >= 15 is 0 Å². The van der Waals surface area contributed by atoms with Gasteiger partial charge >= 0.3 is 0 Å². The monoisotopic (exact) mass is 783 g/mol. The van der Waals surface area contributed by atoms with Crippen molar-refractivity contribution in [3.8, 4) is 33.4 Å². The molecule has 0 radical (unpaired) electrons. The molecule has 0 bridgehead atoms. The van der Waals surface area contributed by atoms with Crippen LogP contribution >= 0.6 is 11.3 Å². The Hall–Kier alpha value is -7.26. The topological polar surface area (TPSA) is 3.24 Å². The molecule has 11 rings (SSSR count). The highest BCUT2D eigenvalue weighted by Crippen LogP contribution is 2.43. The molecule has 1 nitrogen and oxygen atoms in total. The van der Waals surface area contributed by atoms with Gasteiger partial charge < -0.3 is 4.90 Å². The molecule has 1 aliphatic carbocycles. The van der Waals surface area contributed by atoms with E-state index in [9.17, 15) is 0 Å². The van der Waals surface area contributed by atoms with Crippen molar-refractivity contribution in [3.63, 3.8) is 0 Å².